The zero-order valence-corrected chi connectivity index (χ0v) is 11.7. The maximum atomic E-state index is 11.0. The summed E-state index contributed by atoms with van der Waals surface area (Å²) in [5.41, 5.74) is 0.362. The number of halogens is 1. The molecular formula is C10H14ClN5O3. The standard InChI is InChI=1S/C10H14ClN5O3/c1-5(15(3)4)7-8(11)14-10(16(18)19)9(13-7)12-6(2)17/h5H,1-4H3,(H,12,13,17). The van der Waals surface area contributed by atoms with Crippen molar-refractivity contribution in [1.82, 2.24) is 14.9 Å². The number of rotatable bonds is 4. The average molecular weight is 288 g/mol. The van der Waals surface area contributed by atoms with Gasteiger partial charge in [-0.05, 0) is 42.5 Å². The predicted octanol–water partition coefficient (Wildman–Crippen LogP) is 1.62. The van der Waals surface area contributed by atoms with E-state index in [0.717, 1.165) is 0 Å². The summed E-state index contributed by atoms with van der Waals surface area (Å²) < 4.78 is 0. The number of aromatic nitrogens is 2. The Morgan fingerprint density at radius 2 is 2.05 bits per heavy atom. The molecule has 0 saturated heterocycles. The van der Waals surface area contributed by atoms with Gasteiger partial charge < -0.3 is 20.3 Å². The van der Waals surface area contributed by atoms with Crippen LogP contribution in [0.4, 0.5) is 11.6 Å². The zero-order valence-electron chi connectivity index (χ0n) is 11.0. The van der Waals surface area contributed by atoms with E-state index in [2.05, 4.69) is 15.3 Å². The van der Waals surface area contributed by atoms with Crippen LogP contribution in [0.25, 0.3) is 0 Å². The van der Waals surface area contributed by atoms with Crippen LogP contribution in [0.5, 0.6) is 0 Å². The second-order valence-electron chi connectivity index (χ2n) is 4.15. The lowest BCUT2D eigenvalue weighted by Gasteiger charge is -2.19. The van der Waals surface area contributed by atoms with E-state index in [1.807, 2.05) is 25.9 Å². The van der Waals surface area contributed by atoms with E-state index in [1.54, 1.807) is 0 Å². The molecular weight excluding hydrogens is 274 g/mol. The zero-order chi connectivity index (χ0) is 14.7. The second-order valence-corrected chi connectivity index (χ2v) is 4.51. The van der Waals surface area contributed by atoms with Gasteiger partial charge in [0.1, 0.15) is 5.69 Å². The summed E-state index contributed by atoms with van der Waals surface area (Å²) in [5, 5.41) is 13.1. The van der Waals surface area contributed by atoms with Crippen molar-refractivity contribution in [3.8, 4) is 0 Å². The molecule has 0 aliphatic rings. The number of anilines is 1. The van der Waals surface area contributed by atoms with E-state index < -0.39 is 16.6 Å². The molecule has 9 heteroatoms. The van der Waals surface area contributed by atoms with Gasteiger partial charge in [0.2, 0.25) is 11.7 Å². The van der Waals surface area contributed by atoms with Crippen LogP contribution in [0.2, 0.25) is 5.15 Å². The molecule has 1 atom stereocenters. The molecule has 104 valence electrons. The number of nitrogens with zero attached hydrogens (tertiary/aromatic N) is 4. The van der Waals surface area contributed by atoms with Crippen molar-refractivity contribution in [2.24, 2.45) is 0 Å². The number of carbonyl (C=O) groups excluding carboxylic acids is 1. The van der Waals surface area contributed by atoms with E-state index in [-0.39, 0.29) is 17.0 Å². The van der Waals surface area contributed by atoms with Crippen LogP contribution in [-0.2, 0) is 4.79 Å². The molecule has 0 saturated carbocycles. The SMILES string of the molecule is CC(=O)Nc1nc(C(C)N(C)C)c(Cl)nc1[N+](=O)[O-]. The van der Waals surface area contributed by atoms with Crippen molar-refractivity contribution in [3.63, 3.8) is 0 Å². The van der Waals surface area contributed by atoms with E-state index in [1.165, 1.54) is 6.92 Å². The third-order valence-electron chi connectivity index (χ3n) is 2.50. The Hall–Kier alpha value is -1.80. The van der Waals surface area contributed by atoms with Crippen LogP contribution in [-0.4, -0.2) is 39.8 Å². The summed E-state index contributed by atoms with van der Waals surface area (Å²) in [6.07, 6.45) is 0. The van der Waals surface area contributed by atoms with Crippen LogP contribution in [0, 0.1) is 10.1 Å². The molecule has 1 heterocycles. The minimum atomic E-state index is -0.742. The minimum absolute atomic E-state index is 0.0537. The summed E-state index contributed by atoms with van der Waals surface area (Å²) in [5.74, 6) is -1.25. The number of hydrogen-bond acceptors (Lipinski definition) is 6. The van der Waals surface area contributed by atoms with Crippen LogP contribution >= 0.6 is 11.6 Å². The molecule has 1 N–H and O–H groups in total. The number of carbonyl (C=O) groups is 1. The topological polar surface area (TPSA) is 101 Å². The summed E-state index contributed by atoms with van der Waals surface area (Å²) in [4.78, 5) is 30.7. The predicted molar refractivity (Wildman–Crippen MR) is 70.1 cm³/mol. The van der Waals surface area contributed by atoms with Crippen LogP contribution in [0.1, 0.15) is 25.6 Å². The van der Waals surface area contributed by atoms with Gasteiger partial charge in [-0.15, -0.1) is 0 Å². The van der Waals surface area contributed by atoms with Gasteiger partial charge in [0.25, 0.3) is 5.15 Å². The third-order valence-corrected chi connectivity index (χ3v) is 2.78. The average Bonchev–Trinajstić information content (AvgIpc) is 2.28. The van der Waals surface area contributed by atoms with Gasteiger partial charge in [-0.1, -0.05) is 0 Å². The normalized spacial score (nSPS) is 12.3. The quantitative estimate of drug-likeness (QED) is 0.667. The lowest BCUT2D eigenvalue weighted by Crippen LogP contribution is -2.20. The lowest BCUT2D eigenvalue weighted by molar-refractivity contribution is -0.388. The molecule has 1 rings (SSSR count). The Balaban J connectivity index is 3.37. The van der Waals surface area contributed by atoms with Crippen molar-refractivity contribution in [2.75, 3.05) is 19.4 Å². The monoisotopic (exact) mass is 287 g/mol. The van der Waals surface area contributed by atoms with Crippen LogP contribution < -0.4 is 5.32 Å². The first-order valence-corrected chi connectivity index (χ1v) is 5.77. The van der Waals surface area contributed by atoms with Gasteiger partial charge in [0.05, 0.1) is 6.04 Å². The summed E-state index contributed by atoms with van der Waals surface area (Å²) in [6.45, 7) is 3.05. The van der Waals surface area contributed by atoms with Crippen LogP contribution in [0.15, 0.2) is 0 Å². The minimum Gasteiger partial charge on any atom is -0.358 e. The molecule has 1 aromatic rings. The molecule has 1 unspecified atom stereocenters. The maximum Gasteiger partial charge on any atom is 0.408 e. The first-order valence-electron chi connectivity index (χ1n) is 5.39. The highest BCUT2D eigenvalue weighted by Crippen LogP contribution is 2.29. The number of nitro groups is 1. The fraction of sp³-hybridized carbons (Fsp3) is 0.500. The maximum absolute atomic E-state index is 11.0. The summed E-state index contributed by atoms with van der Waals surface area (Å²) in [7, 11) is 3.62. The summed E-state index contributed by atoms with van der Waals surface area (Å²) in [6, 6.07) is -0.201. The molecule has 0 aliphatic heterocycles. The Labute approximate surface area is 114 Å². The molecule has 0 radical (unpaired) electrons. The van der Waals surface area contributed by atoms with E-state index in [4.69, 9.17) is 11.6 Å². The molecule has 0 aliphatic carbocycles. The van der Waals surface area contributed by atoms with Gasteiger partial charge in [0, 0.05) is 6.92 Å². The molecule has 1 aromatic heterocycles. The molecule has 0 fully saturated rings. The van der Waals surface area contributed by atoms with E-state index in [0.29, 0.717) is 5.69 Å². The lowest BCUT2D eigenvalue weighted by atomic mass is 10.2. The van der Waals surface area contributed by atoms with Gasteiger partial charge >= 0.3 is 5.82 Å². The molecule has 8 nitrogen and oxygen atoms in total. The van der Waals surface area contributed by atoms with E-state index >= 15 is 0 Å². The highest BCUT2D eigenvalue weighted by Gasteiger charge is 2.26. The first kappa shape index (κ1) is 15.3. The van der Waals surface area contributed by atoms with Gasteiger partial charge in [-0.2, -0.15) is 0 Å². The summed E-state index contributed by atoms with van der Waals surface area (Å²) >= 11 is 5.90. The Kier molecular flexibility index (Phi) is 4.73. The van der Waals surface area contributed by atoms with Gasteiger partial charge in [-0.25, -0.2) is 4.98 Å². The Morgan fingerprint density at radius 3 is 2.47 bits per heavy atom. The number of hydrogen-bond donors (Lipinski definition) is 1. The second kappa shape index (κ2) is 5.89. The Morgan fingerprint density at radius 1 is 1.47 bits per heavy atom. The largest absolute Gasteiger partial charge is 0.408 e. The first-order chi connectivity index (χ1) is 8.73. The van der Waals surface area contributed by atoms with Gasteiger partial charge in [-0.3, -0.25) is 4.79 Å². The van der Waals surface area contributed by atoms with Crippen molar-refractivity contribution in [2.45, 2.75) is 19.9 Å². The highest BCUT2D eigenvalue weighted by atomic mass is 35.5. The third kappa shape index (κ3) is 3.58. The highest BCUT2D eigenvalue weighted by molar-refractivity contribution is 6.30. The molecule has 0 aromatic carbocycles. The number of nitrogens with one attached hydrogen (secondary N) is 1. The van der Waals surface area contributed by atoms with E-state index in [9.17, 15) is 14.9 Å². The Bertz CT molecular complexity index is 520. The smallest absolute Gasteiger partial charge is 0.358 e. The van der Waals surface area contributed by atoms with Gasteiger partial charge in [0.15, 0.2) is 0 Å². The molecule has 0 bridgehead atoms. The van der Waals surface area contributed by atoms with Crippen molar-refractivity contribution >= 4 is 29.1 Å². The van der Waals surface area contributed by atoms with Crippen molar-refractivity contribution < 1.29 is 9.72 Å². The fourth-order valence-corrected chi connectivity index (χ4v) is 1.59. The molecule has 19 heavy (non-hydrogen) atoms. The molecule has 1 amide bonds. The number of amides is 1. The van der Waals surface area contributed by atoms with Crippen molar-refractivity contribution in [3.05, 3.63) is 21.0 Å². The van der Waals surface area contributed by atoms with Crippen molar-refractivity contribution in [1.29, 1.82) is 0 Å². The molecule has 0 spiro atoms. The van der Waals surface area contributed by atoms with Crippen LogP contribution in [0.3, 0.4) is 0 Å². The fourth-order valence-electron chi connectivity index (χ4n) is 1.31.